The van der Waals surface area contributed by atoms with Gasteiger partial charge in [-0.15, -0.1) is 0 Å². The molecular weight excluding hydrogens is 376 g/mol. The third kappa shape index (κ3) is 4.14. The first-order chi connectivity index (χ1) is 12.5. The Balaban J connectivity index is 1.72. The Hall–Kier alpha value is -2.58. The van der Waals surface area contributed by atoms with Crippen LogP contribution >= 0.6 is 23.4 Å². The molecule has 7 nitrogen and oxygen atoms in total. The number of aryl methyl sites for hydroxylation is 1. The number of aromatic nitrogens is 3. The van der Waals surface area contributed by atoms with Gasteiger partial charge in [0.05, 0.1) is 18.6 Å². The highest BCUT2D eigenvalue weighted by atomic mass is 35.5. The van der Waals surface area contributed by atoms with Crippen LogP contribution in [0.2, 0.25) is 5.02 Å². The zero-order valence-electron chi connectivity index (χ0n) is 14.0. The number of carbonyl (C=O) groups is 1. The van der Waals surface area contributed by atoms with Crippen molar-refractivity contribution in [3.8, 4) is 5.75 Å². The van der Waals surface area contributed by atoms with Crippen LogP contribution in [0.3, 0.4) is 0 Å². The molecule has 1 aromatic carbocycles. The maximum absolute atomic E-state index is 12.2. The second kappa shape index (κ2) is 7.76. The lowest BCUT2D eigenvalue weighted by molar-refractivity contribution is -0.113. The van der Waals surface area contributed by atoms with E-state index in [0.29, 0.717) is 22.1 Å². The number of halogens is 1. The molecule has 0 aliphatic carbocycles. The minimum Gasteiger partial charge on any atom is -0.495 e. The van der Waals surface area contributed by atoms with Crippen LogP contribution in [-0.2, 0) is 4.79 Å². The summed E-state index contributed by atoms with van der Waals surface area (Å²) in [5.41, 5.74) is 1.45. The van der Waals surface area contributed by atoms with Crippen LogP contribution in [0.1, 0.15) is 5.56 Å². The fraction of sp³-hybridized carbons (Fsp3) is 0.176. The molecule has 3 rings (SSSR count). The third-order valence-corrected chi connectivity index (χ3v) is 4.53. The van der Waals surface area contributed by atoms with Gasteiger partial charge < -0.3 is 10.1 Å². The molecule has 9 heteroatoms. The molecule has 0 aliphatic rings. The first-order valence-electron chi connectivity index (χ1n) is 7.59. The minimum atomic E-state index is -0.432. The molecule has 0 radical (unpaired) electrons. The van der Waals surface area contributed by atoms with E-state index in [1.54, 1.807) is 30.5 Å². The van der Waals surface area contributed by atoms with Gasteiger partial charge in [-0.05, 0) is 36.8 Å². The van der Waals surface area contributed by atoms with E-state index in [0.717, 1.165) is 17.3 Å². The van der Waals surface area contributed by atoms with Crippen molar-refractivity contribution in [2.45, 2.75) is 12.1 Å². The fourth-order valence-electron chi connectivity index (χ4n) is 2.26. The Labute approximate surface area is 158 Å². The second-order valence-electron chi connectivity index (χ2n) is 5.40. The summed E-state index contributed by atoms with van der Waals surface area (Å²) in [7, 11) is 1.51. The molecule has 26 heavy (non-hydrogen) atoms. The number of hydrogen-bond acceptors (Lipinski definition) is 6. The van der Waals surface area contributed by atoms with Gasteiger partial charge in [-0.1, -0.05) is 29.4 Å². The fourth-order valence-corrected chi connectivity index (χ4v) is 3.07. The molecule has 0 saturated heterocycles. The molecule has 2 heterocycles. The standard InChI is InChI=1S/C17H15ClN4O3S/c1-10-3-6-14-20-16(21-17(24)22(14)8-10)26-9-15(23)19-12-7-11(18)4-5-13(12)25-2/h3-8H,9H2,1-2H3,(H,19,23). The van der Waals surface area contributed by atoms with Gasteiger partial charge in [0.15, 0.2) is 5.16 Å². The molecule has 0 fully saturated rings. The summed E-state index contributed by atoms with van der Waals surface area (Å²) in [6, 6.07) is 8.53. The summed E-state index contributed by atoms with van der Waals surface area (Å²) < 4.78 is 6.56. The van der Waals surface area contributed by atoms with Crippen molar-refractivity contribution < 1.29 is 9.53 Å². The maximum Gasteiger partial charge on any atom is 0.355 e. The number of pyridine rings is 1. The van der Waals surface area contributed by atoms with Crippen LogP contribution in [0.5, 0.6) is 5.75 Å². The first kappa shape index (κ1) is 18.2. The van der Waals surface area contributed by atoms with Crippen LogP contribution in [0.4, 0.5) is 5.69 Å². The number of ether oxygens (including phenoxy) is 1. The second-order valence-corrected chi connectivity index (χ2v) is 6.78. The quantitative estimate of drug-likeness (QED) is 0.674. The number of thioether (sulfide) groups is 1. The number of nitrogens with zero attached hydrogens (tertiary/aromatic N) is 3. The van der Waals surface area contributed by atoms with Crippen LogP contribution in [0.15, 0.2) is 46.5 Å². The molecule has 0 unspecified atom stereocenters. The van der Waals surface area contributed by atoms with Gasteiger partial charge in [0.2, 0.25) is 5.91 Å². The lowest BCUT2D eigenvalue weighted by Crippen LogP contribution is -2.20. The Morgan fingerprint density at radius 3 is 2.88 bits per heavy atom. The molecule has 1 N–H and O–H groups in total. The highest BCUT2D eigenvalue weighted by molar-refractivity contribution is 7.99. The van der Waals surface area contributed by atoms with E-state index in [1.807, 2.05) is 13.0 Å². The normalized spacial score (nSPS) is 10.7. The van der Waals surface area contributed by atoms with Gasteiger partial charge in [-0.25, -0.2) is 9.78 Å². The summed E-state index contributed by atoms with van der Waals surface area (Å²) in [6.45, 7) is 1.88. The van der Waals surface area contributed by atoms with E-state index in [2.05, 4.69) is 15.3 Å². The van der Waals surface area contributed by atoms with Crippen molar-refractivity contribution in [3.05, 3.63) is 57.6 Å². The summed E-state index contributed by atoms with van der Waals surface area (Å²) >= 11 is 7.02. The van der Waals surface area contributed by atoms with Gasteiger partial charge in [-0.3, -0.25) is 9.20 Å². The number of rotatable bonds is 5. The Kier molecular flexibility index (Phi) is 5.43. The van der Waals surface area contributed by atoms with Crippen LogP contribution in [-0.4, -0.2) is 33.1 Å². The highest BCUT2D eigenvalue weighted by Gasteiger charge is 2.11. The number of hydrogen-bond donors (Lipinski definition) is 1. The molecule has 134 valence electrons. The summed E-state index contributed by atoms with van der Waals surface area (Å²) in [6.07, 6.45) is 1.67. The minimum absolute atomic E-state index is 0.0388. The van der Waals surface area contributed by atoms with Crippen molar-refractivity contribution in [1.82, 2.24) is 14.4 Å². The SMILES string of the molecule is COc1ccc(Cl)cc1NC(=O)CSc1nc(=O)n2cc(C)ccc2n1. The van der Waals surface area contributed by atoms with E-state index in [-0.39, 0.29) is 16.8 Å². The number of fused-ring (bicyclic) bond motifs is 1. The van der Waals surface area contributed by atoms with Crippen molar-refractivity contribution >= 4 is 40.6 Å². The summed E-state index contributed by atoms with van der Waals surface area (Å²) in [5, 5.41) is 3.45. The molecular formula is C17H15ClN4O3S. The third-order valence-electron chi connectivity index (χ3n) is 3.45. The molecule has 0 saturated carbocycles. The van der Waals surface area contributed by atoms with Gasteiger partial charge in [-0.2, -0.15) is 4.98 Å². The van der Waals surface area contributed by atoms with E-state index in [9.17, 15) is 9.59 Å². The van der Waals surface area contributed by atoms with Crippen molar-refractivity contribution in [2.75, 3.05) is 18.2 Å². The topological polar surface area (TPSA) is 85.6 Å². The van der Waals surface area contributed by atoms with Gasteiger partial charge >= 0.3 is 5.69 Å². The average molecular weight is 391 g/mol. The molecule has 1 amide bonds. The van der Waals surface area contributed by atoms with Gasteiger partial charge in [0, 0.05) is 11.2 Å². The summed E-state index contributed by atoms with van der Waals surface area (Å²) in [4.78, 5) is 32.5. The molecule has 0 spiro atoms. The average Bonchev–Trinajstić information content (AvgIpc) is 2.61. The highest BCUT2D eigenvalue weighted by Crippen LogP contribution is 2.28. The predicted octanol–water partition coefficient (Wildman–Crippen LogP) is 2.79. The lowest BCUT2D eigenvalue weighted by Gasteiger charge is -2.10. The number of benzene rings is 1. The molecule has 0 aliphatic heterocycles. The Bertz CT molecular complexity index is 1040. The lowest BCUT2D eigenvalue weighted by atomic mass is 10.3. The zero-order valence-corrected chi connectivity index (χ0v) is 15.6. The largest absolute Gasteiger partial charge is 0.495 e. The van der Waals surface area contributed by atoms with E-state index in [1.165, 1.54) is 11.5 Å². The van der Waals surface area contributed by atoms with Crippen molar-refractivity contribution in [3.63, 3.8) is 0 Å². The van der Waals surface area contributed by atoms with E-state index in [4.69, 9.17) is 16.3 Å². The van der Waals surface area contributed by atoms with Crippen molar-refractivity contribution in [1.29, 1.82) is 0 Å². The predicted molar refractivity (Wildman–Crippen MR) is 101 cm³/mol. The smallest absolute Gasteiger partial charge is 0.355 e. The molecule has 0 bridgehead atoms. The number of carbonyl (C=O) groups excluding carboxylic acids is 1. The van der Waals surface area contributed by atoms with Crippen LogP contribution in [0.25, 0.3) is 5.65 Å². The van der Waals surface area contributed by atoms with Crippen LogP contribution in [0, 0.1) is 6.92 Å². The number of amides is 1. The molecule has 2 aromatic heterocycles. The van der Waals surface area contributed by atoms with Gasteiger partial charge in [0.25, 0.3) is 0 Å². The maximum atomic E-state index is 12.2. The van der Waals surface area contributed by atoms with E-state index >= 15 is 0 Å². The van der Waals surface area contributed by atoms with Gasteiger partial charge in [0.1, 0.15) is 11.4 Å². The monoisotopic (exact) mass is 390 g/mol. The number of nitrogens with one attached hydrogen (secondary N) is 1. The number of anilines is 1. The Morgan fingerprint density at radius 1 is 1.31 bits per heavy atom. The number of methoxy groups -OCH3 is 1. The Morgan fingerprint density at radius 2 is 2.12 bits per heavy atom. The zero-order chi connectivity index (χ0) is 18.7. The first-order valence-corrected chi connectivity index (χ1v) is 8.96. The molecule has 0 atom stereocenters. The summed E-state index contributed by atoms with van der Waals surface area (Å²) in [5.74, 6) is 0.253. The van der Waals surface area contributed by atoms with Crippen LogP contribution < -0.4 is 15.7 Å². The molecule has 3 aromatic rings. The van der Waals surface area contributed by atoms with Crippen molar-refractivity contribution in [2.24, 2.45) is 0 Å². The van der Waals surface area contributed by atoms with E-state index < -0.39 is 5.69 Å².